The van der Waals surface area contributed by atoms with E-state index in [4.69, 9.17) is 0 Å². The minimum absolute atomic E-state index is 0.191. The zero-order chi connectivity index (χ0) is 14.4. The third-order valence-electron chi connectivity index (χ3n) is 2.62. The molecule has 0 bridgehead atoms. The number of nitrogens with zero attached hydrogens (tertiary/aromatic N) is 1. The van der Waals surface area contributed by atoms with E-state index in [1.54, 1.807) is 18.5 Å². The third kappa shape index (κ3) is 3.74. The highest BCUT2D eigenvalue weighted by Gasteiger charge is 2.09. The first-order valence-electron chi connectivity index (χ1n) is 6.04. The van der Waals surface area contributed by atoms with Gasteiger partial charge in [-0.2, -0.15) is 0 Å². The maximum Gasteiger partial charge on any atom is 0.319 e. The Bertz CT molecular complexity index is 590. The molecule has 20 heavy (non-hydrogen) atoms. The van der Waals surface area contributed by atoms with E-state index in [-0.39, 0.29) is 5.69 Å². The third-order valence-corrected chi connectivity index (χ3v) is 2.62. The van der Waals surface area contributed by atoms with Crippen LogP contribution in [-0.2, 0) is 6.42 Å². The molecule has 0 fully saturated rings. The summed E-state index contributed by atoms with van der Waals surface area (Å²) in [6.07, 6.45) is 3.97. The SMILES string of the molecule is O=C(NCCc1cccnc1)Nc1cccc(F)c1F. The summed E-state index contributed by atoms with van der Waals surface area (Å²) in [5, 5.41) is 4.82. The van der Waals surface area contributed by atoms with Gasteiger partial charge in [0.25, 0.3) is 0 Å². The molecule has 0 saturated heterocycles. The lowest BCUT2D eigenvalue weighted by atomic mass is 10.2. The average molecular weight is 277 g/mol. The molecule has 1 heterocycles. The fourth-order valence-electron chi connectivity index (χ4n) is 1.63. The number of carbonyl (C=O) groups excluding carboxylic acids is 1. The van der Waals surface area contributed by atoms with E-state index in [9.17, 15) is 13.6 Å². The van der Waals surface area contributed by atoms with Crippen LogP contribution in [0.4, 0.5) is 19.3 Å². The minimum atomic E-state index is -1.07. The van der Waals surface area contributed by atoms with Crippen molar-refractivity contribution in [2.45, 2.75) is 6.42 Å². The van der Waals surface area contributed by atoms with Crippen LogP contribution < -0.4 is 10.6 Å². The van der Waals surface area contributed by atoms with Crippen molar-refractivity contribution in [2.75, 3.05) is 11.9 Å². The van der Waals surface area contributed by atoms with Gasteiger partial charge in [-0.15, -0.1) is 0 Å². The van der Waals surface area contributed by atoms with Gasteiger partial charge >= 0.3 is 6.03 Å². The highest BCUT2D eigenvalue weighted by molar-refractivity contribution is 5.89. The van der Waals surface area contributed by atoms with Crippen LogP contribution in [0.1, 0.15) is 5.56 Å². The van der Waals surface area contributed by atoms with Crippen molar-refractivity contribution in [1.82, 2.24) is 10.3 Å². The van der Waals surface area contributed by atoms with E-state index < -0.39 is 17.7 Å². The van der Waals surface area contributed by atoms with Crippen molar-refractivity contribution in [2.24, 2.45) is 0 Å². The van der Waals surface area contributed by atoms with Crippen LogP contribution in [-0.4, -0.2) is 17.6 Å². The molecule has 0 spiro atoms. The Kier molecular flexibility index (Phi) is 4.60. The van der Waals surface area contributed by atoms with Gasteiger partial charge in [0, 0.05) is 18.9 Å². The van der Waals surface area contributed by atoms with Gasteiger partial charge in [-0.1, -0.05) is 12.1 Å². The number of hydrogen-bond donors (Lipinski definition) is 2. The Labute approximate surface area is 114 Å². The molecule has 0 atom stereocenters. The summed E-state index contributed by atoms with van der Waals surface area (Å²) in [5.41, 5.74) is 0.786. The Morgan fingerprint density at radius 2 is 2.05 bits per heavy atom. The summed E-state index contributed by atoms with van der Waals surface area (Å²) >= 11 is 0. The first kappa shape index (κ1) is 13.9. The molecule has 6 heteroatoms. The number of carbonyl (C=O) groups is 1. The fourth-order valence-corrected chi connectivity index (χ4v) is 1.63. The highest BCUT2D eigenvalue weighted by Crippen LogP contribution is 2.16. The second-order valence-corrected chi connectivity index (χ2v) is 4.09. The van der Waals surface area contributed by atoms with E-state index in [0.717, 1.165) is 11.6 Å². The largest absolute Gasteiger partial charge is 0.338 e. The van der Waals surface area contributed by atoms with E-state index >= 15 is 0 Å². The number of amides is 2. The van der Waals surface area contributed by atoms with Crippen LogP contribution in [0.15, 0.2) is 42.7 Å². The Morgan fingerprint density at radius 1 is 1.20 bits per heavy atom. The van der Waals surface area contributed by atoms with Crippen LogP contribution >= 0.6 is 0 Å². The van der Waals surface area contributed by atoms with Gasteiger partial charge in [0.1, 0.15) is 0 Å². The summed E-state index contributed by atoms with van der Waals surface area (Å²) in [6, 6.07) is 6.71. The van der Waals surface area contributed by atoms with Crippen molar-refractivity contribution < 1.29 is 13.6 Å². The van der Waals surface area contributed by atoms with E-state index in [2.05, 4.69) is 15.6 Å². The molecule has 1 aromatic carbocycles. The number of urea groups is 1. The van der Waals surface area contributed by atoms with Gasteiger partial charge in [-0.3, -0.25) is 4.98 Å². The smallest absolute Gasteiger partial charge is 0.319 e. The first-order valence-corrected chi connectivity index (χ1v) is 6.04. The number of halogens is 2. The summed E-state index contributed by atoms with van der Waals surface area (Å²) in [5.74, 6) is -2.08. The highest BCUT2D eigenvalue weighted by atomic mass is 19.2. The molecule has 4 nitrogen and oxygen atoms in total. The standard InChI is InChI=1S/C14H13F2N3O/c15-11-4-1-5-12(13(11)16)19-14(20)18-8-6-10-3-2-7-17-9-10/h1-5,7,9H,6,8H2,(H2,18,19,20). The molecule has 0 saturated carbocycles. The van der Waals surface area contributed by atoms with Crippen molar-refractivity contribution in [3.05, 3.63) is 59.9 Å². The second kappa shape index (κ2) is 6.60. The van der Waals surface area contributed by atoms with Crippen LogP contribution in [0.2, 0.25) is 0 Å². The monoisotopic (exact) mass is 277 g/mol. The van der Waals surface area contributed by atoms with Crippen molar-refractivity contribution in [3.8, 4) is 0 Å². The molecule has 0 aliphatic heterocycles. The molecule has 0 aliphatic carbocycles. The molecule has 2 N–H and O–H groups in total. The summed E-state index contributed by atoms with van der Waals surface area (Å²) in [6.45, 7) is 0.370. The zero-order valence-electron chi connectivity index (χ0n) is 10.6. The second-order valence-electron chi connectivity index (χ2n) is 4.09. The van der Waals surface area contributed by atoms with Crippen molar-refractivity contribution in [1.29, 1.82) is 0 Å². The number of nitrogens with one attached hydrogen (secondary N) is 2. The van der Waals surface area contributed by atoms with Gasteiger partial charge in [0.15, 0.2) is 11.6 Å². The molecular formula is C14H13F2N3O. The zero-order valence-corrected chi connectivity index (χ0v) is 10.6. The molecular weight excluding hydrogens is 264 g/mol. The molecule has 1 aromatic heterocycles. The fraction of sp³-hybridized carbons (Fsp3) is 0.143. The lowest BCUT2D eigenvalue weighted by Crippen LogP contribution is -2.30. The Morgan fingerprint density at radius 3 is 2.80 bits per heavy atom. The Balaban J connectivity index is 1.82. The number of hydrogen-bond acceptors (Lipinski definition) is 2. The summed E-state index contributed by atoms with van der Waals surface area (Å²) < 4.78 is 26.3. The number of pyridine rings is 1. The van der Waals surface area contributed by atoms with Crippen LogP contribution in [0.5, 0.6) is 0 Å². The number of anilines is 1. The number of rotatable bonds is 4. The average Bonchev–Trinajstić information content (AvgIpc) is 2.45. The summed E-state index contributed by atoms with van der Waals surface area (Å²) in [7, 11) is 0. The molecule has 2 amide bonds. The van der Waals surface area contributed by atoms with Crippen LogP contribution in [0, 0.1) is 11.6 Å². The van der Waals surface area contributed by atoms with Crippen molar-refractivity contribution >= 4 is 11.7 Å². The van der Waals surface area contributed by atoms with Gasteiger partial charge in [0.2, 0.25) is 0 Å². The molecule has 0 radical (unpaired) electrons. The van der Waals surface area contributed by atoms with Gasteiger partial charge in [-0.05, 0) is 30.2 Å². The van der Waals surface area contributed by atoms with Crippen LogP contribution in [0.25, 0.3) is 0 Å². The first-order chi connectivity index (χ1) is 9.66. The van der Waals surface area contributed by atoms with Gasteiger partial charge < -0.3 is 10.6 Å². The topological polar surface area (TPSA) is 54.0 Å². The maximum atomic E-state index is 13.3. The molecule has 0 unspecified atom stereocenters. The number of aromatic nitrogens is 1. The lowest BCUT2D eigenvalue weighted by molar-refractivity contribution is 0.252. The quantitative estimate of drug-likeness (QED) is 0.902. The minimum Gasteiger partial charge on any atom is -0.338 e. The molecule has 104 valence electrons. The maximum absolute atomic E-state index is 13.3. The summed E-state index contributed by atoms with van der Waals surface area (Å²) in [4.78, 5) is 15.5. The predicted molar refractivity (Wildman–Crippen MR) is 71.3 cm³/mol. The molecule has 2 aromatic rings. The number of benzene rings is 1. The van der Waals surface area contributed by atoms with Gasteiger partial charge in [0.05, 0.1) is 5.69 Å². The predicted octanol–water partition coefficient (Wildman–Crippen LogP) is 2.72. The normalized spacial score (nSPS) is 10.1. The van der Waals surface area contributed by atoms with Crippen LogP contribution in [0.3, 0.4) is 0 Å². The molecule has 2 rings (SSSR count). The van der Waals surface area contributed by atoms with E-state index in [1.165, 1.54) is 12.1 Å². The van der Waals surface area contributed by atoms with Gasteiger partial charge in [-0.25, -0.2) is 13.6 Å². The van der Waals surface area contributed by atoms with Crippen molar-refractivity contribution in [3.63, 3.8) is 0 Å². The Hall–Kier alpha value is -2.50. The molecule has 0 aliphatic rings. The van der Waals surface area contributed by atoms with E-state index in [1.807, 2.05) is 6.07 Å². The van der Waals surface area contributed by atoms with E-state index in [0.29, 0.717) is 13.0 Å². The lowest BCUT2D eigenvalue weighted by Gasteiger charge is -2.08.